The van der Waals surface area contributed by atoms with E-state index in [-0.39, 0.29) is 23.4 Å². The van der Waals surface area contributed by atoms with Crippen LogP contribution in [0.15, 0.2) is 36.9 Å². The van der Waals surface area contributed by atoms with Gasteiger partial charge in [0.2, 0.25) is 6.29 Å². The molecule has 1 unspecified atom stereocenters. The molecule has 0 aliphatic heterocycles. The van der Waals surface area contributed by atoms with Crippen LogP contribution in [0, 0.1) is 18.3 Å². The fourth-order valence-corrected chi connectivity index (χ4v) is 3.33. The Morgan fingerprint density at radius 1 is 1.30 bits per heavy atom. The molecule has 0 aliphatic rings. The smallest absolute Gasteiger partial charge is 0.451 e. The van der Waals surface area contributed by atoms with Gasteiger partial charge in [-0.05, 0) is 30.4 Å². The quantitative estimate of drug-likeness (QED) is 0.148. The molecule has 0 radical (unpaired) electrons. The van der Waals surface area contributed by atoms with E-state index in [0.717, 1.165) is 5.56 Å². The minimum Gasteiger partial charge on any atom is -0.451 e. The summed E-state index contributed by atoms with van der Waals surface area (Å²) < 4.78 is 17.7. The number of nitrogens with zero attached hydrogens (tertiary/aromatic N) is 3. The summed E-state index contributed by atoms with van der Waals surface area (Å²) in [6.07, 6.45) is -0.553. The molecule has 2 aromatic rings. The molecule has 176 valence electrons. The fourth-order valence-electron chi connectivity index (χ4n) is 3.11. The second kappa shape index (κ2) is 11.1. The largest absolute Gasteiger partial charge is 0.511 e. The highest BCUT2D eigenvalue weighted by Gasteiger charge is 2.26. The summed E-state index contributed by atoms with van der Waals surface area (Å²) in [6, 6.07) is 9.89. The molecule has 1 heterocycles. The molecule has 8 heteroatoms. The molecule has 0 saturated carbocycles. The maximum Gasteiger partial charge on any atom is 0.511 e. The van der Waals surface area contributed by atoms with E-state index >= 15 is 0 Å². The van der Waals surface area contributed by atoms with E-state index in [1.165, 1.54) is 13.0 Å². The number of carbonyl (C=O) groups excluding carboxylic acids is 1. The zero-order valence-electron chi connectivity index (χ0n) is 19.9. The van der Waals surface area contributed by atoms with E-state index in [1.54, 1.807) is 11.6 Å². The van der Waals surface area contributed by atoms with E-state index in [4.69, 9.17) is 25.8 Å². The average molecular weight is 472 g/mol. The zero-order chi connectivity index (χ0) is 24.8. The summed E-state index contributed by atoms with van der Waals surface area (Å²) in [4.78, 5) is 11.9. The minimum atomic E-state index is -1.06. The molecule has 0 saturated heterocycles. The summed E-state index contributed by atoms with van der Waals surface area (Å²) in [5.41, 5.74) is 2.99. The predicted octanol–water partition coefficient (Wildman–Crippen LogP) is 6.26. The number of aromatic nitrogens is 2. The molecule has 0 bridgehead atoms. The van der Waals surface area contributed by atoms with E-state index in [1.807, 2.05) is 31.2 Å². The first-order chi connectivity index (χ1) is 15.5. The van der Waals surface area contributed by atoms with Gasteiger partial charge >= 0.3 is 6.16 Å². The number of benzene rings is 1. The third-order valence-electron chi connectivity index (χ3n) is 4.81. The predicted molar refractivity (Wildman–Crippen MR) is 128 cm³/mol. The molecular weight excluding hydrogens is 442 g/mol. The molecule has 1 atom stereocenters. The van der Waals surface area contributed by atoms with Crippen molar-refractivity contribution in [3.05, 3.63) is 64.5 Å². The van der Waals surface area contributed by atoms with Crippen LogP contribution in [0.1, 0.15) is 57.1 Å². The van der Waals surface area contributed by atoms with Crippen molar-refractivity contribution in [2.45, 2.75) is 59.8 Å². The molecule has 0 aliphatic carbocycles. The zero-order valence-corrected chi connectivity index (χ0v) is 20.7. The number of rotatable bonds is 8. The number of allylic oxidation sites excluding steroid dienone is 1. The Hall–Kier alpha value is -3.24. The van der Waals surface area contributed by atoms with Crippen molar-refractivity contribution >= 4 is 29.1 Å². The van der Waals surface area contributed by atoms with Gasteiger partial charge < -0.3 is 14.2 Å². The number of hydrogen-bond acceptors (Lipinski definition) is 6. The SMILES string of the molecule is C=CCOC(=O)OC(C)O/C(=C(/C#N)c1ccc(C(C)(C)C)cc1)c1c(Cl)c(C)nn1CC. The third-order valence-corrected chi connectivity index (χ3v) is 5.27. The Labute approximate surface area is 200 Å². The minimum absolute atomic E-state index is 0.00541. The number of nitriles is 1. The maximum absolute atomic E-state index is 11.9. The molecular formula is C25H30ClN3O4. The first-order valence-electron chi connectivity index (χ1n) is 10.6. The molecule has 2 rings (SSSR count). The number of halogens is 1. The van der Waals surface area contributed by atoms with Crippen LogP contribution in [-0.4, -0.2) is 28.8 Å². The van der Waals surface area contributed by atoms with E-state index in [0.29, 0.717) is 28.5 Å². The highest BCUT2D eigenvalue weighted by Crippen LogP contribution is 2.35. The van der Waals surface area contributed by atoms with Gasteiger partial charge in [-0.15, -0.1) is 0 Å². The molecule has 0 fully saturated rings. The molecule has 0 amide bonds. The molecule has 1 aromatic carbocycles. The fraction of sp³-hybridized carbons (Fsp3) is 0.400. The van der Waals surface area contributed by atoms with Crippen molar-refractivity contribution < 1.29 is 19.0 Å². The molecule has 33 heavy (non-hydrogen) atoms. The van der Waals surface area contributed by atoms with Gasteiger partial charge in [0.15, 0.2) is 5.76 Å². The Morgan fingerprint density at radius 3 is 2.45 bits per heavy atom. The van der Waals surface area contributed by atoms with Gasteiger partial charge in [-0.2, -0.15) is 10.4 Å². The van der Waals surface area contributed by atoms with Crippen LogP contribution in [0.2, 0.25) is 5.02 Å². The molecule has 0 N–H and O–H groups in total. The lowest BCUT2D eigenvalue weighted by Crippen LogP contribution is -2.20. The van der Waals surface area contributed by atoms with Gasteiger partial charge in [0, 0.05) is 13.5 Å². The summed E-state index contributed by atoms with van der Waals surface area (Å²) in [5.74, 6) is 0.164. The van der Waals surface area contributed by atoms with Gasteiger partial charge in [0.05, 0.1) is 10.7 Å². The summed E-state index contributed by atoms with van der Waals surface area (Å²) in [5, 5.41) is 14.9. The van der Waals surface area contributed by atoms with Crippen molar-refractivity contribution in [3.63, 3.8) is 0 Å². The van der Waals surface area contributed by atoms with Crippen molar-refractivity contribution in [1.29, 1.82) is 5.26 Å². The van der Waals surface area contributed by atoms with E-state index in [2.05, 4.69) is 38.5 Å². The lowest BCUT2D eigenvalue weighted by Gasteiger charge is -2.21. The normalized spacial score (nSPS) is 12.9. The highest BCUT2D eigenvalue weighted by molar-refractivity contribution is 6.33. The van der Waals surface area contributed by atoms with Crippen molar-refractivity contribution in [2.75, 3.05) is 6.61 Å². The van der Waals surface area contributed by atoms with Gasteiger partial charge in [-0.25, -0.2) is 4.79 Å². The summed E-state index contributed by atoms with van der Waals surface area (Å²) in [7, 11) is 0. The van der Waals surface area contributed by atoms with Crippen LogP contribution >= 0.6 is 11.6 Å². The van der Waals surface area contributed by atoms with Crippen molar-refractivity contribution in [2.24, 2.45) is 0 Å². The van der Waals surface area contributed by atoms with E-state index < -0.39 is 12.4 Å². The number of carbonyl (C=O) groups is 1. The molecule has 7 nitrogen and oxygen atoms in total. The van der Waals surface area contributed by atoms with Crippen LogP contribution < -0.4 is 0 Å². The van der Waals surface area contributed by atoms with Crippen molar-refractivity contribution in [3.8, 4) is 6.07 Å². The molecule has 1 aromatic heterocycles. The van der Waals surface area contributed by atoms with Gasteiger partial charge in [-0.3, -0.25) is 4.68 Å². The van der Waals surface area contributed by atoms with Gasteiger partial charge in [0.25, 0.3) is 0 Å². The topological polar surface area (TPSA) is 86.4 Å². The second-order valence-electron chi connectivity index (χ2n) is 8.36. The summed E-state index contributed by atoms with van der Waals surface area (Å²) >= 11 is 6.57. The summed E-state index contributed by atoms with van der Waals surface area (Å²) in [6.45, 7) is 15.5. The number of ether oxygens (including phenoxy) is 3. The maximum atomic E-state index is 11.9. The number of hydrogen-bond donors (Lipinski definition) is 0. The van der Waals surface area contributed by atoms with Crippen LogP contribution in [0.5, 0.6) is 0 Å². The van der Waals surface area contributed by atoms with Gasteiger partial charge in [0.1, 0.15) is 23.9 Å². The monoisotopic (exact) mass is 471 g/mol. The Morgan fingerprint density at radius 2 is 1.94 bits per heavy atom. The van der Waals surface area contributed by atoms with E-state index in [9.17, 15) is 10.1 Å². The first kappa shape index (κ1) is 26.0. The second-order valence-corrected chi connectivity index (χ2v) is 8.74. The van der Waals surface area contributed by atoms with Crippen LogP contribution in [0.25, 0.3) is 11.3 Å². The lowest BCUT2D eigenvalue weighted by atomic mass is 9.86. The highest BCUT2D eigenvalue weighted by atomic mass is 35.5. The van der Waals surface area contributed by atoms with Crippen LogP contribution in [0.3, 0.4) is 0 Å². The Balaban J connectivity index is 2.60. The lowest BCUT2D eigenvalue weighted by molar-refractivity contribution is -0.0648. The third kappa shape index (κ3) is 6.39. The Bertz CT molecular complexity index is 1070. The standard InChI is InChI=1S/C25H30ClN3O4/c1-8-14-31-24(30)33-17(4)32-23(22-21(26)16(3)28-29(22)9-2)20(15-27)18-10-12-19(13-11-18)25(5,6)7/h8,10-13,17H,1,9,14H2,2-7H3/b23-20-. The number of aryl methyl sites for hydroxylation is 2. The average Bonchev–Trinajstić information content (AvgIpc) is 3.05. The molecule has 0 spiro atoms. The van der Waals surface area contributed by atoms with Crippen LogP contribution in [0.4, 0.5) is 4.79 Å². The first-order valence-corrected chi connectivity index (χ1v) is 11.0. The van der Waals surface area contributed by atoms with Crippen molar-refractivity contribution in [1.82, 2.24) is 9.78 Å². The van der Waals surface area contributed by atoms with Crippen LogP contribution in [-0.2, 0) is 26.2 Å². The van der Waals surface area contributed by atoms with Gasteiger partial charge in [-0.1, -0.05) is 69.3 Å². The Kier molecular flexibility index (Phi) is 8.72.